The maximum atomic E-state index is 12.9. The summed E-state index contributed by atoms with van der Waals surface area (Å²) in [5, 5.41) is 5.77. The fourth-order valence-electron chi connectivity index (χ4n) is 5.26. The Hall–Kier alpha value is -3.21. The van der Waals surface area contributed by atoms with Crippen LogP contribution in [-0.4, -0.2) is 65.9 Å². The van der Waals surface area contributed by atoms with E-state index in [-0.39, 0.29) is 37.6 Å². The maximum absolute atomic E-state index is 12.9. The Morgan fingerprint density at radius 1 is 1.09 bits per heavy atom. The number of para-hydroxylation sites is 1. The summed E-state index contributed by atoms with van der Waals surface area (Å²) < 4.78 is 9.76. The van der Waals surface area contributed by atoms with Crippen LogP contribution < -0.4 is 20.3 Å². The van der Waals surface area contributed by atoms with Gasteiger partial charge in [-0.15, -0.1) is 0 Å². The first-order valence-electron chi connectivity index (χ1n) is 15.7. The molecule has 4 rings (SSSR count). The number of halogens is 3. The van der Waals surface area contributed by atoms with Gasteiger partial charge >= 0.3 is 12.0 Å². The first-order chi connectivity index (χ1) is 22.0. The fourth-order valence-corrected chi connectivity index (χ4v) is 5.44. The predicted molar refractivity (Wildman–Crippen MR) is 182 cm³/mol. The summed E-state index contributed by atoms with van der Waals surface area (Å²) in [6.45, 7) is 2.60. The van der Waals surface area contributed by atoms with E-state index in [0.29, 0.717) is 43.3 Å². The van der Waals surface area contributed by atoms with Gasteiger partial charge in [0.2, 0.25) is 11.9 Å². The maximum Gasteiger partial charge on any atom is 0.325 e. The minimum absolute atomic E-state index is 0.00291. The zero-order valence-corrected chi connectivity index (χ0v) is 28.5. The number of carbonyl (C=O) groups excluding carboxylic acids is 3. The van der Waals surface area contributed by atoms with Crippen LogP contribution in [0.1, 0.15) is 57.4 Å². The number of guanidine groups is 1. The Bertz CT molecular complexity index is 1370. The summed E-state index contributed by atoms with van der Waals surface area (Å²) >= 11 is 17.8. The van der Waals surface area contributed by atoms with E-state index in [9.17, 15) is 14.4 Å². The summed E-state index contributed by atoms with van der Waals surface area (Å²) in [6.07, 6.45) is 6.68. The van der Waals surface area contributed by atoms with Crippen LogP contribution in [0.4, 0.5) is 16.2 Å². The smallest absolute Gasteiger partial charge is 0.325 e. The van der Waals surface area contributed by atoms with Crippen LogP contribution in [0, 0.1) is 11.8 Å². The zero-order valence-electron chi connectivity index (χ0n) is 26.3. The number of esters is 1. The van der Waals surface area contributed by atoms with Crippen molar-refractivity contribution in [2.75, 3.05) is 38.3 Å². The number of benzene rings is 2. The van der Waals surface area contributed by atoms with Crippen LogP contribution in [0.2, 0.25) is 0 Å². The topological polar surface area (TPSA) is 113 Å². The predicted octanol–water partition coefficient (Wildman–Crippen LogP) is 6.74. The molecule has 2 N–H and O–H groups in total. The minimum Gasteiger partial charge on any atom is -0.494 e. The molecule has 0 spiro atoms. The Kier molecular flexibility index (Phi) is 13.2. The standard InChI is InChI=1S/C33H42Cl3N5O5/c1-23(33(34,35)36)22-46-30(43)21-41-20-25-18-27(45-17-9-14-29(42)40(2)26-12-7-4-8-13-26)15-16-28(25)38-31(41)39-32(44)37-19-24-10-5-3-6-11-24/h4,7-8,12-13,15-16,18,23-24H,3,5-6,9-11,14,17,19-22H2,1-2H3,(H2,37,38,39,44). The Labute approximate surface area is 285 Å². The van der Waals surface area contributed by atoms with Crippen molar-refractivity contribution in [1.29, 1.82) is 0 Å². The number of amides is 3. The number of hydrogen-bond donors (Lipinski definition) is 2. The molecule has 1 heterocycles. The van der Waals surface area contributed by atoms with Gasteiger partial charge in [0.25, 0.3) is 0 Å². The molecule has 0 radical (unpaired) electrons. The molecular weight excluding hydrogens is 653 g/mol. The lowest BCUT2D eigenvalue weighted by molar-refractivity contribution is -0.145. The first kappa shape index (κ1) is 35.6. The molecule has 2 aromatic carbocycles. The van der Waals surface area contributed by atoms with Gasteiger partial charge < -0.3 is 24.6 Å². The normalized spacial score (nSPS) is 15.7. The third-order valence-electron chi connectivity index (χ3n) is 8.13. The molecule has 1 fully saturated rings. The summed E-state index contributed by atoms with van der Waals surface area (Å²) in [7, 11) is 1.76. The number of rotatable bonds is 12. The number of fused-ring (bicyclic) bond motifs is 1. The third-order valence-corrected chi connectivity index (χ3v) is 9.25. The largest absolute Gasteiger partial charge is 0.494 e. The second-order valence-corrected chi connectivity index (χ2v) is 14.2. The van der Waals surface area contributed by atoms with E-state index >= 15 is 0 Å². The van der Waals surface area contributed by atoms with Crippen LogP contribution in [0.25, 0.3) is 0 Å². The van der Waals surface area contributed by atoms with Gasteiger partial charge in [0.1, 0.15) is 12.3 Å². The summed E-state index contributed by atoms with van der Waals surface area (Å²) in [6, 6.07) is 14.5. The van der Waals surface area contributed by atoms with E-state index in [1.54, 1.807) is 35.9 Å². The molecule has 0 bridgehead atoms. The van der Waals surface area contributed by atoms with Crippen molar-refractivity contribution in [3.8, 4) is 5.75 Å². The molecule has 0 aromatic heterocycles. The van der Waals surface area contributed by atoms with Crippen molar-refractivity contribution in [3.63, 3.8) is 0 Å². The minimum atomic E-state index is -1.57. The second kappa shape index (κ2) is 17.1. The van der Waals surface area contributed by atoms with Crippen molar-refractivity contribution in [2.45, 2.75) is 62.2 Å². The van der Waals surface area contributed by atoms with Gasteiger partial charge in [0, 0.05) is 43.7 Å². The average Bonchev–Trinajstić information content (AvgIpc) is 3.04. The molecule has 1 aliphatic heterocycles. The second-order valence-electron chi connectivity index (χ2n) is 11.8. The molecule has 2 aliphatic rings. The van der Waals surface area contributed by atoms with Gasteiger partial charge in [-0.1, -0.05) is 79.2 Å². The summed E-state index contributed by atoms with van der Waals surface area (Å²) in [5.74, 6) is 0.227. The van der Waals surface area contributed by atoms with Crippen molar-refractivity contribution >= 4 is 70.0 Å². The molecular formula is C33H42Cl3N5O5. The van der Waals surface area contributed by atoms with Crippen molar-refractivity contribution in [2.24, 2.45) is 16.8 Å². The Balaban J connectivity index is 1.36. The van der Waals surface area contributed by atoms with Gasteiger partial charge in [0.05, 0.1) is 18.9 Å². The number of ether oxygens (including phenoxy) is 2. The number of nitrogens with one attached hydrogen (secondary N) is 2. The van der Waals surface area contributed by atoms with Gasteiger partial charge in [0.15, 0.2) is 3.79 Å². The van der Waals surface area contributed by atoms with Crippen LogP contribution in [0.15, 0.2) is 53.5 Å². The summed E-state index contributed by atoms with van der Waals surface area (Å²) in [5.41, 5.74) is 2.28. The van der Waals surface area contributed by atoms with Gasteiger partial charge in [-0.3, -0.25) is 14.9 Å². The molecule has 13 heteroatoms. The fraction of sp³-hybridized carbons (Fsp3) is 0.515. The number of aliphatic imine (C=N–C) groups is 1. The van der Waals surface area contributed by atoms with E-state index < -0.39 is 15.7 Å². The number of anilines is 1. The highest BCUT2D eigenvalue weighted by Gasteiger charge is 2.31. The van der Waals surface area contributed by atoms with Crippen LogP contribution in [-0.2, 0) is 20.9 Å². The molecule has 3 amide bonds. The highest BCUT2D eigenvalue weighted by atomic mass is 35.6. The number of hydrogen-bond acceptors (Lipinski definition) is 7. The van der Waals surface area contributed by atoms with Gasteiger partial charge in [-0.2, -0.15) is 0 Å². The molecule has 2 aromatic rings. The molecule has 1 aliphatic carbocycles. The lowest BCUT2D eigenvalue weighted by Gasteiger charge is -2.30. The van der Waals surface area contributed by atoms with E-state index in [0.717, 1.165) is 24.1 Å². The van der Waals surface area contributed by atoms with Crippen molar-refractivity contribution in [1.82, 2.24) is 15.5 Å². The zero-order chi connectivity index (χ0) is 33.1. The molecule has 10 nitrogen and oxygen atoms in total. The van der Waals surface area contributed by atoms with Crippen molar-refractivity contribution in [3.05, 3.63) is 54.1 Å². The molecule has 1 unspecified atom stereocenters. The Morgan fingerprint density at radius 3 is 2.54 bits per heavy atom. The van der Waals surface area contributed by atoms with E-state index in [2.05, 4.69) is 15.6 Å². The van der Waals surface area contributed by atoms with Crippen molar-refractivity contribution < 1.29 is 23.9 Å². The van der Waals surface area contributed by atoms with Gasteiger partial charge in [-0.05, 0) is 55.5 Å². The van der Waals surface area contributed by atoms with E-state index in [1.165, 1.54) is 19.3 Å². The van der Waals surface area contributed by atoms with E-state index in [1.807, 2.05) is 36.4 Å². The van der Waals surface area contributed by atoms with Crippen LogP contribution >= 0.6 is 34.8 Å². The molecule has 0 saturated heterocycles. The van der Waals surface area contributed by atoms with Crippen LogP contribution in [0.3, 0.4) is 0 Å². The monoisotopic (exact) mass is 693 g/mol. The third kappa shape index (κ3) is 11.0. The molecule has 250 valence electrons. The number of nitrogens with zero attached hydrogens (tertiary/aromatic N) is 3. The molecule has 1 saturated carbocycles. The van der Waals surface area contributed by atoms with E-state index in [4.69, 9.17) is 44.3 Å². The number of urea groups is 1. The van der Waals surface area contributed by atoms with Gasteiger partial charge in [-0.25, -0.2) is 9.79 Å². The first-order valence-corrected chi connectivity index (χ1v) is 16.8. The number of alkyl halides is 3. The highest BCUT2D eigenvalue weighted by Crippen LogP contribution is 2.35. The number of carbonyl (C=O) groups is 3. The average molecular weight is 695 g/mol. The lowest BCUT2D eigenvalue weighted by atomic mass is 9.89. The lowest BCUT2D eigenvalue weighted by Crippen LogP contribution is -2.50. The molecule has 1 atom stereocenters. The van der Waals surface area contributed by atoms with Crippen LogP contribution in [0.5, 0.6) is 5.75 Å². The summed E-state index contributed by atoms with van der Waals surface area (Å²) in [4.78, 5) is 46.2. The highest BCUT2D eigenvalue weighted by molar-refractivity contribution is 6.67. The molecule has 46 heavy (non-hydrogen) atoms. The SMILES string of the molecule is CC(COC(=O)CN1Cc2cc(OCCCC(=O)N(C)c3ccccc3)ccc2N=C1NC(=O)NCC1CCCCC1)C(Cl)(Cl)Cl. The Morgan fingerprint density at radius 2 is 1.83 bits per heavy atom. The quantitative estimate of drug-likeness (QED) is 0.145.